The second-order valence-corrected chi connectivity index (χ2v) is 4.58. The van der Waals surface area contributed by atoms with Crippen LogP contribution in [0.3, 0.4) is 0 Å². The molecule has 1 heterocycles. The maximum absolute atomic E-state index is 11.2. The second kappa shape index (κ2) is 4.66. The van der Waals surface area contributed by atoms with Gasteiger partial charge in [-0.3, -0.25) is 4.79 Å². The van der Waals surface area contributed by atoms with E-state index in [1.807, 2.05) is 6.07 Å². The van der Waals surface area contributed by atoms with Crippen molar-refractivity contribution in [2.45, 2.75) is 39.3 Å². The molecule has 0 bridgehead atoms. The SMILES string of the molecule is CC(C)NCc1ccc2c(c1)CCC(=O)N2. The fraction of sp³-hybridized carbons (Fsp3) is 0.462. The van der Waals surface area contributed by atoms with Crippen molar-refractivity contribution in [3.05, 3.63) is 29.3 Å². The normalized spacial score (nSPS) is 14.8. The monoisotopic (exact) mass is 218 g/mol. The van der Waals surface area contributed by atoms with E-state index in [-0.39, 0.29) is 5.91 Å². The lowest BCUT2D eigenvalue weighted by Crippen LogP contribution is -2.23. The van der Waals surface area contributed by atoms with Crippen LogP contribution >= 0.6 is 0 Å². The number of carbonyl (C=O) groups excluding carboxylic acids is 1. The summed E-state index contributed by atoms with van der Waals surface area (Å²) in [7, 11) is 0. The fourth-order valence-corrected chi connectivity index (χ4v) is 1.87. The van der Waals surface area contributed by atoms with Gasteiger partial charge < -0.3 is 10.6 Å². The first-order valence-corrected chi connectivity index (χ1v) is 5.80. The third kappa shape index (κ3) is 2.61. The van der Waals surface area contributed by atoms with Gasteiger partial charge >= 0.3 is 0 Å². The van der Waals surface area contributed by atoms with E-state index < -0.39 is 0 Å². The highest BCUT2D eigenvalue weighted by Crippen LogP contribution is 2.23. The lowest BCUT2D eigenvalue weighted by Gasteiger charge is -2.18. The van der Waals surface area contributed by atoms with Gasteiger partial charge in [-0.15, -0.1) is 0 Å². The zero-order valence-electron chi connectivity index (χ0n) is 9.84. The highest BCUT2D eigenvalue weighted by atomic mass is 16.1. The number of aryl methyl sites for hydroxylation is 1. The zero-order chi connectivity index (χ0) is 11.5. The van der Waals surface area contributed by atoms with Gasteiger partial charge in [0.25, 0.3) is 0 Å². The van der Waals surface area contributed by atoms with Crippen molar-refractivity contribution in [2.24, 2.45) is 0 Å². The average Bonchev–Trinajstić information content (AvgIpc) is 2.26. The topological polar surface area (TPSA) is 41.1 Å². The van der Waals surface area contributed by atoms with E-state index >= 15 is 0 Å². The molecule has 0 saturated heterocycles. The number of anilines is 1. The van der Waals surface area contributed by atoms with E-state index in [2.05, 4.69) is 36.6 Å². The number of amides is 1. The Bertz CT molecular complexity index is 399. The van der Waals surface area contributed by atoms with Crippen molar-refractivity contribution >= 4 is 11.6 Å². The van der Waals surface area contributed by atoms with Crippen LogP contribution in [0.25, 0.3) is 0 Å². The summed E-state index contributed by atoms with van der Waals surface area (Å²) < 4.78 is 0. The van der Waals surface area contributed by atoms with Crippen molar-refractivity contribution in [1.82, 2.24) is 5.32 Å². The molecule has 2 N–H and O–H groups in total. The number of fused-ring (bicyclic) bond motifs is 1. The number of benzene rings is 1. The summed E-state index contributed by atoms with van der Waals surface area (Å²) in [5.41, 5.74) is 3.51. The van der Waals surface area contributed by atoms with Crippen LogP contribution in [0.2, 0.25) is 0 Å². The molecule has 0 aliphatic carbocycles. The van der Waals surface area contributed by atoms with E-state index in [0.717, 1.165) is 18.7 Å². The van der Waals surface area contributed by atoms with Crippen LogP contribution in [0.1, 0.15) is 31.4 Å². The summed E-state index contributed by atoms with van der Waals surface area (Å²) >= 11 is 0. The maximum atomic E-state index is 11.2. The van der Waals surface area contributed by atoms with Crippen molar-refractivity contribution in [3.8, 4) is 0 Å². The maximum Gasteiger partial charge on any atom is 0.224 e. The minimum Gasteiger partial charge on any atom is -0.326 e. The molecular weight excluding hydrogens is 200 g/mol. The van der Waals surface area contributed by atoms with E-state index in [9.17, 15) is 4.79 Å². The Morgan fingerprint density at radius 1 is 1.38 bits per heavy atom. The fourth-order valence-electron chi connectivity index (χ4n) is 1.87. The molecule has 86 valence electrons. The summed E-state index contributed by atoms with van der Waals surface area (Å²) in [6, 6.07) is 6.75. The Hall–Kier alpha value is -1.35. The molecule has 3 heteroatoms. The number of hydrogen-bond acceptors (Lipinski definition) is 2. The first-order valence-electron chi connectivity index (χ1n) is 5.80. The van der Waals surface area contributed by atoms with Crippen LogP contribution < -0.4 is 10.6 Å². The van der Waals surface area contributed by atoms with Gasteiger partial charge in [-0.2, -0.15) is 0 Å². The van der Waals surface area contributed by atoms with Crippen LogP contribution in [-0.4, -0.2) is 11.9 Å². The molecule has 0 unspecified atom stereocenters. The van der Waals surface area contributed by atoms with Crippen molar-refractivity contribution < 1.29 is 4.79 Å². The summed E-state index contributed by atoms with van der Waals surface area (Å²) in [4.78, 5) is 11.2. The third-order valence-electron chi connectivity index (χ3n) is 2.78. The highest BCUT2D eigenvalue weighted by molar-refractivity contribution is 5.93. The van der Waals surface area contributed by atoms with Crippen molar-refractivity contribution in [2.75, 3.05) is 5.32 Å². The summed E-state index contributed by atoms with van der Waals surface area (Å²) in [6.07, 6.45) is 1.46. The number of carbonyl (C=O) groups is 1. The summed E-state index contributed by atoms with van der Waals surface area (Å²) in [5, 5.41) is 6.28. The van der Waals surface area contributed by atoms with Crippen LogP contribution in [0, 0.1) is 0 Å². The summed E-state index contributed by atoms with van der Waals surface area (Å²) in [6.45, 7) is 5.16. The van der Waals surface area contributed by atoms with Gasteiger partial charge in [-0.05, 0) is 23.6 Å². The molecule has 1 aliphatic rings. The van der Waals surface area contributed by atoms with Crippen LogP contribution in [0.5, 0.6) is 0 Å². The van der Waals surface area contributed by atoms with E-state index in [1.165, 1.54) is 11.1 Å². The Morgan fingerprint density at radius 3 is 2.94 bits per heavy atom. The highest BCUT2D eigenvalue weighted by Gasteiger charge is 2.14. The Labute approximate surface area is 96.2 Å². The molecule has 3 nitrogen and oxygen atoms in total. The van der Waals surface area contributed by atoms with E-state index in [0.29, 0.717) is 12.5 Å². The first-order chi connectivity index (χ1) is 7.65. The molecule has 1 aliphatic heterocycles. The second-order valence-electron chi connectivity index (χ2n) is 4.58. The van der Waals surface area contributed by atoms with Gasteiger partial charge in [-0.1, -0.05) is 26.0 Å². The predicted molar refractivity (Wildman–Crippen MR) is 65.4 cm³/mol. The lowest BCUT2D eigenvalue weighted by molar-refractivity contribution is -0.116. The molecule has 0 radical (unpaired) electrons. The molecule has 0 saturated carbocycles. The molecular formula is C13H18N2O. The molecule has 0 aromatic heterocycles. The molecule has 1 aromatic carbocycles. The van der Waals surface area contributed by atoms with Gasteiger partial charge in [0.05, 0.1) is 0 Å². The van der Waals surface area contributed by atoms with E-state index in [1.54, 1.807) is 0 Å². The molecule has 0 fully saturated rings. The van der Waals surface area contributed by atoms with Gasteiger partial charge in [0, 0.05) is 24.7 Å². The van der Waals surface area contributed by atoms with Crippen LogP contribution in [0.15, 0.2) is 18.2 Å². The van der Waals surface area contributed by atoms with E-state index in [4.69, 9.17) is 0 Å². The van der Waals surface area contributed by atoms with Gasteiger partial charge in [0.2, 0.25) is 5.91 Å². The van der Waals surface area contributed by atoms with Gasteiger partial charge in [0.15, 0.2) is 0 Å². The Balaban J connectivity index is 2.10. The number of rotatable bonds is 3. The molecule has 1 amide bonds. The minimum atomic E-state index is 0.126. The number of nitrogens with one attached hydrogen (secondary N) is 2. The zero-order valence-corrected chi connectivity index (χ0v) is 9.84. The third-order valence-corrected chi connectivity index (χ3v) is 2.78. The Morgan fingerprint density at radius 2 is 2.19 bits per heavy atom. The Kier molecular flexibility index (Phi) is 3.25. The first kappa shape index (κ1) is 11.1. The standard InChI is InChI=1S/C13H18N2O/c1-9(2)14-8-10-3-5-12-11(7-10)4-6-13(16)15-12/h3,5,7,9,14H,4,6,8H2,1-2H3,(H,15,16). The quantitative estimate of drug-likeness (QED) is 0.815. The molecule has 0 atom stereocenters. The van der Waals surface area contributed by atoms with Gasteiger partial charge in [-0.25, -0.2) is 0 Å². The smallest absolute Gasteiger partial charge is 0.224 e. The van der Waals surface area contributed by atoms with Crippen LogP contribution in [-0.2, 0) is 17.8 Å². The number of hydrogen-bond donors (Lipinski definition) is 2. The van der Waals surface area contributed by atoms with Crippen molar-refractivity contribution in [3.63, 3.8) is 0 Å². The lowest BCUT2D eigenvalue weighted by atomic mass is 10.0. The van der Waals surface area contributed by atoms with Gasteiger partial charge in [0.1, 0.15) is 0 Å². The summed E-state index contributed by atoms with van der Waals surface area (Å²) in [5.74, 6) is 0.126. The molecule has 0 spiro atoms. The molecule has 1 aromatic rings. The largest absolute Gasteiger partial charge is 0.326 e. The predicted octanol–water partition coefficient (Wildman–Crippen LogP) is 2.07. The van der Waals surface area contributed by atoms with Crippen LogP contribution in [0.4, 0.5) is 5.69 Å². The molecule has 2 rings (SSSR count). The minimum absolute atomic E-state index is 0.126. The average molecular weight is 218 g/mol. The molecule has 16 heavy (non-hydrogen) atoms. The van der Waals surface area contributed by atoms with Crippen molar-refractivity contribution in [1.29, 1.82) is 0 Å².